The van der Waals surface area contributed by atoms with Gasteiger partial charge in [0.1, 0.15) is 11.5 Å². The van der Waals surface area contributed by atoms with Gasteiger partial charge >= 0.3 is 5.97 Å². The van der Waals surface area contributed by atoms with Crippen LogP contribution in [0.25, 0.3) is 0 Å². The molecular weight excluding hydrogens is 310 g/mol. The van der Waals surface area contributed by atoms with Crippen molar-refractivity contribution in [2.75, 3.05) is 19.5 Å². The zero-order valence-electron chi connectivity index (χ0n) is 13.7. The number of amides is 1. The Hall–Kier alpha value is -3.02. The highest BCUT2D eigenvalue weighted by atomic mass is 16.5. The number of anilines is 1. The molecule has 0 bridgehead atoms. The van der Waals surface area contributed by atoms with Crippen molar-refractivity contribution in [1.82, 2.24) is 0 Å². The largest absolute Gasteiger partial charge is 0.497 e. The van der Waals surface area contributed by atoms with Crippen LogP contribution in [-0.2, 0) is 9.53 Å². The summed E-state index contributed by atoms with van der Waals surface area (Å²) >= 11 is 0. The van der Waals surface area contributed by atoms with Gasteiger partial charge in [-0.2, -0.15) is 0 Å². The van der Waals surface area contributed by atoms with E-state index >= 15 is 0 Å². The summed E-state index contributed by atoms with van der Waals surface area (Å²) in [4.78, 5) is 24.3. The molecule has 0 radical (unpaired) electrons. The third-order valence-electron chi connectivity index (χ3n) is 3.32. The molecule has 1 amide bonds. The number of methoxy groups -OCH3 is 2. The van der Waals surface area contributed by atoms with E-state index in [1.54, 1.807) is 48.5 Å². The van der Waals surface area contributed by atoms with Gasteiger partial charge in [-0.05, 0) is 37.3 Å². The van der Waals surface area contributed by atoms with E-state index in [0.29, 0.717) is 22.7 Å². The minimum atomic E-state index is -0.964. The van der Waals surface area contributed by atoms with Crippen LogP contribution in [0.15, 0.2) is 48.5 Å². The predicted molar refractivity (Wildman–Crippen MR) is 89.5 cm³/mol. The number of ether oxygens (including phenoxy) is 3. The highest BCUT2D eigenvalue weighted by Gasteiger charge is 2.20. The van der Waals surface area contributed by atoms with Crippen LogP contribution in [0.2, 0.25) is 0 Å². The molecule has 6 heteroatoms. The summed E-state index contributed by atoms with van der Waals surface area (Å²) < 4.78 is 15.4. The van der Waals surface area contributed by atoms with E-state index in [-0.39, 0.29) is 0 Å². The highest BCUT2D eigenvalue weighted by molar-refractivity contribution is 5.98. The summed E-state index contributed by atoms with van der Waals surface area (Å²) in [6.07, 6.45) is -0.964. The lowest BCUT2D eigenvalue weighted by molar-refractivity contribution is -0.123. The number of rotatable bonds is 6. The first kappa shape index (κ1) is 17.3. The first-order valence-electron chi connectivity index (χ1n) is 7.34. The Labute approximate surface area is 140 Å². The van der Waals surface area contributed by atoms with Crippen LogP contribution in [0.1, 0.15) is 17.3 Å². The van der Waals surface area contributed by atoms with Gasteiger partial charge in [0, 0.05) is 0 Å². The Kier molecular flexibility index (Phi) is 5.78. The molecule has 0 spiro atoms. The van der Waals surface area contributed by atoms with Gasteiger partial charge < -0.3 is 19.5 Å². The van der Waals surface area contributed by atoms with Crippen molar-refractivity contribution < 1.29 is 23.8 Å². The second kappa shape index (κ2) is 8.01. The maximum atomic E-state index is 12.2. The fraction of sp³-hybridized carbons (Fsp3) is 0.222. The average Bonchev–Trinajstić information content (AvgIpc) is 2.62. The molecule has 0 aliphatic rings. The van der Waals surface area contributed by atoms with Crippen LogP contribution in [0.3, 0.4) is 0 Å². The van der Waals surface area contributed by atoms with Gasteiger partial charge in [-0.1, -0.05) is 18.2 Å². The van der Waals surface area contributed by atoms with Gasteiger partial charge in [0.05, 0.1) is 25.5 Å². The van der Waals surface area contributed by atoms with Crippen molar-refractivity contribution >= 4 is 17.6 Å². The summed E-state index contributed by atoms with van der Waals surface area (Å²) in [6, 6.07) is 13.5. The highest BCUT2D eigenvalue weighted by Crippen LogP contribution is 2.23. The van der Waals surface area contributed by atoms with Crippen LogP contribution in [0.5, 0.6) is 11.5 Å². The molecule has 2 aromatic carbocycles. The topological polar surface area (TPSA) is 73.9 Å². The Morgan fingerprint density at radius 1 is 1.00 bits per heavy atom. The molecule has 0 fully saturated rings. The number of benzene rings is 2. The van der Waals surface area contributed by atoms with Crippen LogP contribution < -0.4 is 14.8 Å². The lowest BCUT2D eigenvalue weighted by atomic mass is 10.2. The van der Waals surface area contributed by atoms with Crippen LogP contribution in [-0.4, -0.2) is 32.2 Å². The van der Waals surface area contributed by atoms with E-state index in [1.165, 1.54) is 21.1 Å². The standard InChI is InChI=1S/C18H19NO5/c1-12(17(20)19-15-9-4-5-10-16(15)23-3)24-18(21)13-7-6-8-14(11-13)22-2/h4-12H,1-3H3,(H,19,20)/t12-/m1/s1. The molecule has 6 nitrogen and oxygen atoms in total. The monoisotopic (exact) mass is 329 g/mol. The van der Waals surface area contributed by atoms with E-state index in [4.69, 9.17) is 14.2 Å². The second-order valence-electron chi connectivity index (χ2n) is 4.97. The van der Waals surface area contributed by atoms with Crippen molar-refractivity contribution in [3.05, 3.63) is 54.1 Å². The van der Waals surface area contributed by atoms with E-state index < -0.39 is 18.0 Å². The van der Waals surface area contributed by atoms with E-state index in [0.717, 1.165) is 0 Å². The Morgan fingerprint density at radius 3 is 2.46 bits per heavy atom. The van der Waals surface area contributed by atoms with Crippen molar-refractivity contribution in [3.8, 4) is 11.5 Å². The first-order chi connectivity index (χ1) is 11.5. The molecule has 24 heavy (non-hydrogen) atoms. The number of esters is 1. The zero-order chi connectivity index (χ0) is 17.5. The van der Waals surface area contributed by atoms with E-state index in [1.807, 2.05) is 0 Å². The average molecular weight is 329 g/mol. The molecule has 0 heterocycles. The predicted octanol–water partition coefficient (Wildman–Crippen LogP) is 2.89. The minimum Gasteiger partial charge on any atom is -0.497 e. The maximum Gasteiger partial charge on any atom is 0.339 e. The molecule has 0 aliphatic carbocycles. The van der Waals surface area contributed by atoms with E-state index in [2.05, 4.69) is 5.32 Å². The van der Waals surface area contributed by atoms with Crippen molar-refractivity contribution in [2.24, 2.45) is 0 Å². The molecule has 0 saturated heterocycles. The minimum absolute atomic E-state index is 0.311. The maximum absolute atomic E-state index is 12.2. The van der Waals surface area contributed by atoms with Gasteiger partial charge in [0.2, 0.25) is 0 Å². The first-order valence-corrected chi connectivity index (χ1v) is 7.34. The summed E-state index contributed by atoms with van der Waals surface area (Å²) in [5.74, 6) is 0.0140. The molecule has 1 N–H and O–H groups in total. The Bertz CT molecular complexity index is 729. The third kappa shape index (κ3) is 4.25. The molecule has 2 aromatic rings. The zero-order valence-corrected chi connectivity index (χ0v) is 13.7. The number of carbonyl (C=O) groups is 2. The van der Waals surface area contributed by atoms with Gasteiger partial charge in [-0.25, -0.2) is 4.79 Å². The molecule has 126 valence electrons. The van der Waals surface area contributed by atoms with Crippen molar-refractivity contribution in [1.29, 1.82) is 0 Å². The normalized spacial score (nSPS) is 11.3. The van der Waals surface area contributed by atoms with Gasteiger partial charge in [-0.15, -0.1) is 0 Å². The molecular formula is C18H19NO5. The fourth-order valence-electron chi connectivity index (χ4n) is 2.01. The summed E-state index contributed by atoms with van der Waals surface area (Å²) in [5.41, 5.74) is 0.820. The summed E-state index contributed by atoms with van der Waals surface area (Å²) in [6.45, 7) is 1.50. The van der Waals surface area contributed by atoms with Gasteiger partial charge in [0.25, 0.3) is 5.91 Å². The van der Waals surface area contributed by atoms with Crippen molar-refractivity contribution in [3.63, 3.8) is 0 Å². The third-order valence-corrected chi connectivity index (χ3v) is 3.32. The fourth-order valence-corrected chi connectivity index (χ4v) is 2.01. The number of nitrogens with one attached hydrogen (secondary N) is 1. The van der Waals surface area contributed by atoms with Gasteiger partial charge in [0.15, 0.2) is 6.10 Å². The number of hydrogen-bond donors (Lipinski definition) is 1. The molecule has 0 unspecified atom stereocenters. The number of hydrogen-bond acceptors (Lipinski definition) is 5. The van der Waals surface area contributed by atoms with Crippen LogP contribution in [0.4, 0.5) is 5.69 Å². The molecule has 0 aliphatic heterocycles. The van der Waals surface area contributed by atoms with Crippen LogP contribution in [0, 0.1) is 0 Å². The van der Waals surface area contributed by atoms with Crippen LogP contribution >= 0.6 is 0 Å². The van der Waals surface area contributed by atoms with Gasteiger partial charge in [-0.3, -0.25) is 4.79 Å². The lowest BCUT2D eigenvalue weighted by Gasteiger charge is -2.15. The number of carbonyl (C=O) groups excluding carboxylic acids is 2. The molecule has 1 atom stereocenters. The van der Waals surface area contributed by atoms with Crippen molar-refractivity contribution in [2.45, 2.75) is 13.0 Å². The quantitative estimate of drug-likeness (QED) is 0.825. The smallest absolute Gasteiger partial charge is 0.339 e. The Morgan fingerprint density at radius 2 is 1.75 bits per heavy atom. The number of para-hydroxylation sites is 2. The summed E-state index contributed by atoms with van der Waals surface area (Å²) in [5, 5.41) is 2.67. The lowest BCUT2D eigenvalue weighted by Crippen LogP contribution is -2.30. The molecule has 2 rings (SSSR count). The second-order valence-corrected chi connectivity index (χ2v) is 4.97. The molecule has 0 saturated carbocycles. The SMILES string of the molecule is COc1cccc(C(=O)O[C@H](C)C(=O)Nc2ccccc2OC)c1. The molecule has 0 aromatic heterocycles. The van der Waals surface area contributed by atoms with E-state index in [9.17, 15) is 9.59 Å². The Balaban J connectivity index is 2.01. The summed E-state index contributed by atoms with van der Waals surface area (Å²) in [7, 11) is 3.02.